The number of allylic oxidation sites excluding steroid dienone is 2. The van der Waals surface area contributed by atoms with Crippen LogP contribution in [0.25, 0.3) is 6.08 Å². The predicted octanol–water partition coefficient (Wildman–Crippen LogP) is 4.40. The Morgan fingerprint density at radius 1 is 1.25 bits per heavy atom. The molecule has 0 aromatic heterocycles. The first-order valence-corrected chi connectivity index (χ1v) is 5.53. The highest BCUT2D eigenvalue weighted by Crippen LogP contribution is 2.14. The molecule has 0 heterocycles. The lowest BCUT2D eigenvalue weighted by atomic mass is 10.0. The summed E-state index contributed by atoms with van der Waals surface area (Å²) in [5.41, 5.74) is 3.93. The van der Waals surface area contributed by atoms with Gasteiger partial charge in [-0.2, -0.15) is 0 Å². The zero-order valence-corrected chi connectivity index (χ0v) is 11.0. The Balaban J connectivity index is 0.000000487. The highest BCUT2D eigenvalue weighted by atomic mass is 32.1. The van der Waals surface area contributed by atoms with E-state index in [1.807, 2.05) is 6.08 Å². The van der Waals surface area contributed by atoms with Crippen LogP contribution in [0.1, 0.15) is 23.6 Å². The van der Waals surface area contributed by atoms with Crippen LogP contribution in [0, 0.1) is 25.0 Å². The van der Waals surface area contributed by atoms with Gasteiger partial charge in [0.05, 0.1) is 0 Å². The number of aryl methyl sites for hydroxylation is 2. The molecule has 0 N–H and O–H groups in total. The minimum atomic E-state index is 1.30. The van der Waals surface area contributed by atoms with Crippen LogP contribution in [0.4, 0.5) is 0 Å². The van der Waals surface area contributed by atoms with Crippen LogP contribution >= 0.6 is 12.6 Å². The SMILES string of the molecule is C=C/C=C\c1c(C)cccc1C.CC#CS. The second-order valence-corrected chi connectivity index (χ2v) is 3.49. The number of benzene rings is 1. The summed E-state index contributed by atoms with van der Waals surface area (Å²) in [7, 11) is 0. The lowest BCUT2D eigenvalue weighted by Gasteiger charge is -2.03. The predicted molar refractivity (Wildman–Crippen MR) is 77.6 cm³/mol. The monoisotopic (exact) mass is 230 g/mol. The van der Waals surface area contributed by atoms with Crippen molar-refractivity contribution in [3.05, 3.63) is 53.6 Å². The third-order valence-corrected chi connectivity index (χ3v) is 2.28. The van der Waals surface area contributed by atoms with Gasteiger partial charge in [-0.1, -0.05) is 61.6 Å². The summed E-state index contributed by atoms with van der Waals surface area (Å²) in [5, 5.41) is 2.38. The first-order valence-electron chi connectivity index (χ1n) is 5.08. The molecule has 0 aliphatic carbocycles. The van der Waals surface area contributed by atoms with E-state index in [-0.39, 0.29) is 0 Å². The maximum absolute atomic E-state index is 3.65. The maximum Gasteiger partial charge on any atom is -0.00181 e. The van der Waals surface area contributed by atoms with Gasteiger partial charge in [0, 0.05) is 0 Å². The molecule has 0 bridgehead atoms. The molecule has 0 unspecified atom stereocenters. The topological polar surface area (TPSA) is 0 Å². The van der Waals surface area contributed by atoms with E-state index < -0.39 is 0 Å². The van der Waals surface area contributed by atoms with Crippen molar-refractivity contribution >= 4 is 18.7 Å². The number of hydrogen-bond donors (Lipinski definition) is 1. The van der Waals surface area contributed by atoms with E-state index in [1.54, 1.807) is 13.0 Å². The number of rotatable bonds is 2. The van der Waals surface area contributed by atoms with E-state index in [0.717, 1.165) is 0 Å². The van der Waals surface area contributed by atoms with Gasteiger partial charge in [-0.15, -0.1) is 0 Å². The Labute approximate surface area is 104 Å². The molecular weight excluding hydrogens is 212 g/mol. The first-order chi connectivity index (χ1) is 7.67. The smallest absolute Gasteiger partial charge is 0.00181 e. The van der Waals surface area contributed by atoms with E-state index in [4.69, 9.17) is 0 Å². The molecule has 0 aliphatic rings. The highest BCUT2D eigenvalue weighted by molar-refractivity contribution is 7.85. The largest absolute Gasteiger partial charge is 0.0991 e. The van der Waals surface area contributed by atoms with Crippen LogP contribution in [-0.2, 0) is 0 Å². The molecule has 0 saturated heterocycles. The zero-order chi connectivity index (χ0) is 12.4. The summed E-state index contributed by atoms with van der Waals surface area (Å²) >= 11 is 3.56. The molecule has 0 fully saturated rings. The normalized spacial score (nSPS) is 8.75. The van der Waals surface area contributed by atoms with Crippen molar-refractivity contribution in [1.82, 2.24) is 0 Å². The Morgan fingerprint density at radius 3 is 2.12 bits per heavy atom. The van der Waals surface area contributed by atoms with Crippen molar-refractivity contribution < 1.29 is 0 Å². The highest BCUT2D eigenvalue weighted by Gasteiger charge is 1.95. The van der Waals surface area contributed by atoms with Crippen molar-refractivity contribution in [3.63, 3.8) is 0 Å². The van der Waals surface area contributed by atoms with E-state index in [0.29, 0.717) is 0 Å². The second kappa shape index (κ2) is 8.88. The molecule has 0 atom stereocenters. The zero-order valence-electron chi connectivity index (χ0n) is 10.1. The van der Waals surface area contributed by atoms with Gasteiger partial charge in [-0.3, -0.25) is 0 Å². The van der Waals surface area contributed by atoms with Crippen LogP contribution in [0.5, 0.6) is 0 Å². The van der Waals surface area contributed by atoms with Crippen molar-refractivity contribution in [2.75, 3.05) is 0 Å². The van der Waals surface area contributed by atoms with E-state index in [2.05, 4.69) is 68.5 Å². The van der Waals surface area contributed by atoms with Crippen LogP contribution in [0.3, 0.4) is 0 Å². The minimum absolute atomic E-state index is 1.30. The van der Waals surface area contributed by atoms with Gasteiger partial charge >= 0.3 is 0 Å². The molecule has 0 spiro atoms. The summed E-state index contributed by atoms with van der Waals surface area (Å²) < 4.78 is 0. The third-order valence-electron chi connectivity index (χ3n) is 2.05. The summed E-state index contributed by atoms with van der Waals surface area (Å²) in [4.78, 5) is 0. The summed E-state index contributed by atoms with van der Waals surface area (Å²) in [5.74, 6) is 2.54. The Hall–Kier alpha value is -1.39. The van der Waals surface area contributed by atoms with Crippen LogP contribution in [0.2, 0.25) is 0 Å². The summed E-state index contributed by atoms with van der Waals surface area (Å²) in [6.45, 7) is 9.63. The van der Waals surface area contributed by atoms with Crippen molar-refractivity contribution in [2.24, 2.45) is 0 Å². The lowest BCUT2D eigenvalue weighted by molar-refractivity contribution is 1.36. The van der Waals surface area contributed by atoms with Crippen LogP contribution < -0.4 is 0 Å². The average Bonchev–Trinajstić information content (AvgIpc) is 2.29. The third kappa shape index (κ3) is 5.48. The Morgan fingerprint density at radius 2 is 1.75 bits per heavy atom. The van der Waals surface area contributed by atoms with Gasteiger partial charge in [-0.05, 0) is 42.7 Å². The fourth-order valence-electron chi connectivity index (χ4n) is 1.25. The Kier molecular flexibility index (Phi) is 8.11. The molecule has 0 saturated carbocycles. The molecule has 1 aromatic rings. The molecule has 84 valence electrons. The molecular formula is C15H18S. The standard InChI is InChI=1S/C12H14.C3H4S/c1-4-5-9-12-10(2)7-6-8-11(12)3;1-2-3-4/h4-9H,1H2,2-3H3;4H,1H3/b9-5-;. The number of hydrogen-bond acceptors (Lipinski definition) is 1. The van der Waals surface area contributed by atoms with Gasteiger partial charge in [0.2, 0.25) is 0 Å². The van der Waals surface area contributed by atoms with Crippen LogP contribution in [0.15, 0.2) is 36.9 Å². The molecule has 0 aliphatic heterocycles. The van der Waals surface area contributed by atoms with Gasteiger partial charge in [0.1, 0.15) is 0 Å². The van der Waals surface area contributed by atoms with Crippen molar-refractivity contribution in [3.8, 4) is 11.2 Å². The average molecular weight is 230 g/mol. The van der Waals surface area contributed by atoms with Crippen molar-refractivity contribution in [1.29, 1.82) is 0 Å². The fourth-order valence-corrected chi connectivity index (χ4v) is 1.25. The minimum Gasteiger partial charge on any atom is -0.0991 e. The molecule has 0 amide bonds. The van der Waals surface area contributed by atoms with Gasteiger partial charge < -0.3 is 0 Å². The first kappa shape index (κ1) is 14.6. The Bertz CT molecular complexity index is 391. The molecule has 1 heteroatoms. The molecule has 16 heavy (non-hydrogen) atoms. The molecule has 0 radical (unpaired) electrons. The molecule has 1 aromatic carbocycles. The van der Waals surface area contributed by atoms with E-state index in [9.17, 15) is 0 Å². The lowest BCUT2D eigenvalue weighted by Crippen LogP contribution is -1.84. The summed E-state index contributed by atoms with van der Waals surface area (Å²) in [6, 6.07) is 6.32. The van der Waals surface area contributed by atoms with Gasteiger partial charge in [-0.25, -0.2) is 0 Å². The van der Waals surface area contributed by atoms with Gasteiger partial charge in [0.25, 0.3) is 0 Å². The molecule has 0 nitrogen and oxygen atoms in total. The van der Waals surface area contributed by atoms with E-state index >= 15 is 0 Å². The fraction of sp³-hybridized carbons (Fsp3) is 0.200. The quantitative estimate of drug-likeness (QED) is 0.434. The molecule has 1 rings (SSSR count). The number of thiol groups is 1. The maximum atomic E-state index is 3.65. The van der Waals surface area contributed by atoms with Crippen molar-refractivity contribution in [2.45, 2.75) is 20.8 Å². The van der Waals surface area contributed by atoms with Gasteiger partial charge in [0.15, 0.2) is 0 Å². The summed E-state index contributed by atoms with van der Waals surface area (Å²) in [6.07, 6.45) is 5.86. The van der Waals surface area contributed by atoms with Crippen LogP contribution in [-0.4, -0.2) is 0 Å². The van der Waals surface area contributed by atoms with E-state index in [1.165, 1.54) is 16.7 Å². The second-order valence-electron chi connectivity index (χ2n) is 3.26.